The molecule has 1 aromatic carbocycles. The number of rotatable bonds is 8. The molecular weight excluding hydrogens is 232 g/mol. The van der Waals surface area contributed by atoms with E-state index in [1.54, 1.807) is 6.92 Å². The van der Waals surface area contributed by atoms with E-state index in [2.05, 4.69) is 0 Å². The first-order valence-electron chi connectivity index (χ1n) is 6.25. The lowest BCUT2D eigenvalue weighted by Gasteiger charge is -2.09. The monoisotopic (exact) mass is 252 g/mol. The summed E-state index contributed by atoms with van der Waals surface area (Å²) in [6.45, 7) is 2.74. The van der Waals surface area contributed by atoms with Crippen LogP contribution in [0.3, 0.4) is 0 Å². The predicted octanol–water partition coefficient (Wildman–Crippen LogP) is 2.29. The van der Waals surface area contributed by atoms with Gasteiger partial charge in [0, 0.05) is 12.0 Å². The molecule has 0 spiro atoms. The zero-order valence-electron chi connectivity index (χ0n) is 10.7. The molecule has 0 heterocycles. The van der Waals surface area contributed by atoms with Gasteiger partial charge in [0.1, 0.15) is 5.75 Å². The second-order valence-corrected chi connectivity index (χ2v) is 3.88. The molecule has 0 aliphatic heterocycles. The molecule has 0 aliphatic carbocycles. The van der Waals surface area contributed by atoms with E-state index in [9.17, 15) is 4.79 Å². The Balaban J connectivity index is 2.19. The van der Waals surface area contributed by atoms with Crippen LogP contribution in [0.1, 0.15) is 31.7 Å². The number of unbranched alkanes of at least 4 members (excludes halogenated alkanes) is 1. The largest absolute Gasteiger partial charge is 0.493 e. The highest BCUT2D eigenvalue weighted by atomic mass is 16.5. The number of esters is 1. The lowest BCUT2D eigenvalue weighted by molar-refractivity contribution is -0.143. The quantitative estimate of drug-likeness (QED) is 0.569. The van der Waals surface area contributed by atoms with Crippen LogP contribution in [0, 0.1) is 0 Å². The predicted molar refractivity (Wildman–Crippen MR) is 68.3 cm³/mol. The Hall–Kier alpha value is -1.55. The third kappa shape index (κ3) is 5.19. The van der Waals surface area contributed by atoms with E-state index in [1.165, 1.54) is 0 Å². The van der Waals surface area contributed by atoms with E-state index in [-0.39, 0.29) is 12.6 Å². The van der Waals surface area contributed by atoms with Crippen molar-refractivity contribution in [1.29, 1.82) is 0 Å². The van der Waals surface area contributed by atoms with Crippen LogP contribution in [0.4, 0.5) is 0 Å². The molecule has 1 aromatic rings. The van der Waals surface area contributed by atoms with Gasteiger partial charge in [-0.25, -0.2) is 0 Å². The number of carbonyl (C=O) groups is 1. The van der Waals surface area contributed by atoms with Gasteiger partial charge in [-0.1, -0.05) is 18.2 Å². The molecule has 0 saturated carbocycles. The van der Waals surface area contributed by atoms with Gasteiger partial charge in [-0.3, -0.25) is 4.79 Å². The Kier molecular flexibility index (Phi) is 6.87. The third-order valence-corrected chi connectivity index (χ3v) is 2.48. The zero-order valence-corrected chi connectivity index (χ0v) is 10.7. The van der Waals surface area contributed by atoms with Crippen LogP contribution in [0.2, 0.25) is 0 Å². The van der Waals surface area contributed by atoms with E-state index < -0.39 is 0 Å². The Morgan fingerprint density at radius 2 is 2.06 bits per heavy atom. The minimum absolute atomic E-state index is 0.0288. The summed E-state index contributed by atoms with van der Waals surface area (Å²) < 4.78 is 10.4. The van der Waals surface area contributed by atoms with E-state index >= 15 is 0 Å². The van der Waals surface area contributed by atoms with Crippen LogP contribution in [-0.2, 0) is 16.1 Å². The molecule has 0 fully saturated rings. The normalized spacial score (nSPS) is 10.1. The number of ether oxygens (including phenoxy) is 2. The Morgan fingerprint density at radius 1 is 1.28 bits per heavy atom. The molecule has 1 N–H and O–H groups in total. The zero-order chi connectivity index (χ0) is 13.2. The van der Waals surface area contributed by atoms with Crippen LogP contribution >= 0.6 is 0 Å². The molecule has 0 bridgehead atoms. The second-order valence-electron chi connectivity index (χ2n) is 3.88. The standard InChI is InChI=1S/C14H20O4/c1-2-17-14(16)9-5-6-10-18-13-8-4-3-7-12(13)11-15/h3-4,7-8,15H,2,5-6,9-11H2,1H3. The van der Waals surface area contributed by atoms with Crippen LogP contribution in [0.5, 0.6) is 5.75 Å². The van der Waals surface area contributed by atoms with Crippen molar-refractivity contribution in [1.82, 2.24) is 0 Å². The number of benzene rings is 1. The van der Waals surface area contributed by atoms with Crippen LogP contribution in [0.25, 0.3) is 0 Å². The van der Waals surface area contributed by atoms with Gasteiger partial charge in [0.2, 0.25) is 0 Å². The van der Waals surface area contributed by atoms with Crippen molar-refractivity contribution >= 4 is 5.97 Å². The van der Waals surface area contributed by atoms with Gasteiger partial charge in [-0.2, -0.15) is 0 Å². The average Bonchev–Trinajstić information content (AvgIpc) is 2.39. The van der Waals surface area contributed by atoms with Gasteiger partial charge in [0.05, 0.1) is 19.8 Å². The number of aliphatic hydroxyl groups excluding tert-OH is 1. The highest BCUT2D eigenvalue weighted by molar-refractivity contribution is 5.69. The molecule has 100 valence electrons. The van der Waals surface area contributed by atoms with Crippen molar-refractivity contribution in [2.75, 3.05) is 13.2 Å². The lowest BCUT2D eigenvalue weighted by Crippen LogP contribution is -2.05. The fraction of sp³-hybridized carbons (Fsp3) is 0.500. The molecule has 0 aromatic heterocycles. The van der Waals surface area contributed by atoms with Gasteiger partial charge < -0.3 is 14.6 Å². The Labute approximate surface area is 108 Å². The summed E-state index contributed by atoms with van der Waals surface area (Å²) in [6.07, 6.45) is 1.97. The van der Waals surface area contributed by atoms with Crippen molar-refractivity contribution in [3.05, 3.63) is 29.8 Å². The third-order valence-electron chi connectivity index (χ3n) is 2.48. The van der Waals surface area contributed by atoms with Crippen molar-refractivity contribution in [2.45, 2.75) is 32.8 Å². The highest BCUT2D eigenvalue weighted by Crippen LogP contribution is 2.17. The number of para-hydroxylation sites is 1. The van der Waals surface area contributed by atoms with Crippen molar-refractivity contribution in [2.24, 2.45) is 0 Å². The van der Waals surface area contributed by atoms with Gasteiger partial charge in [0.15, 0.2) is 0 Å². The summed E-state index contributed by atoms with van der Waals surface area (Å²) in [4.78, 5) is 11.1. The molecule has 0 amide bonds. The molecule has 0 unspecified atom stereocenters. The maximum atomic E-state index is 11.1. The van der Waals surface area contributed by atoms with Gasteiger partial charge in [0.25, 0.3) is 0 Å². The summed E-state index contributed by atoms with van der Waals surface area (Å²) >= 11 is 0. The summed E-state index contributed by atoms with van der Waals surface area (Å²) in [5.74, 6) is 0.546. The van der Waals surface area contributed by atoms with Gasteiger partial charge in [-0.05, 0) is 25.8 Å². The number of hydrogen-bond acceptors (Lipinski definition) is 4. The summed E-state index contributed by atoms with van der Waals surface area (Å²) in [7, 11) is 0. The lowest BCUT2D eigenvalue weighted by atomic mass is 10.2. The molecule has 18 heavy (non-hydrogen) atoms. The summed E-state index contributed by atoms with van der Waals surface area (Å²) in [6, 6.07) is 7.39. The summed E-state index contributed by atoms with van der Waals surface area (Å²) in [5, 5.41) is 9.11. The Morgan fingerprint density at radius 3 is 2.78 bits per heavy atom. The molecular formula is C14H20O4. The number of aliphatic hydroxyl groups is 1. The molecule has 0 radical (unpaired) electrons. The van der Waals surface area contributed by atoms with Gasteiger partial charge >= 0.3 is 5.97 Å². The molecule has 0 saturated heterocycles. The van der Waals surface area contributed by atoms with Gasteiger partial charge in [-0.15, -0.1) is 0 Å². The first-order chi connectivity index (χ1) is 8.77. The first-order valence-corrected chi connectivity index (χ1v) is 6.25. The SMILES string of the molecule is CCOC(=O)CCCCOc1ccccc1CO. The van der Waals surface area contributed by atoms with Crippen LogP contribution in [-0.4, -0.2) is 24.3 Å². The molecule has 4 nitrogen and oxygen atoms in total. The van der Waals surface area contributed by atoms with Crippen molar-refractivity contribution in [3.8, 4) is 5.75 Å². The summed E-state index contributed by atoms with van der Waals surface area (Å²) in [5.41, 5.74) is 0.780. The van der Waals surface area contributed by atoms with E-state index in [0.29, 0.717) is 25.4 Å². The van der Waals surface area contributed by atoms with Crippen molar-refractivity contribution < 1.29 is 19.4 Å². The average molecular weight is 252 g/mol. The molecule has 1 rings (SSSR count). The smallest absolute Gasteiger partial charge is 0.305 e. The first kappa shape index (κ1) is 14.5. The number of hydrogen-bond donors (Lipinski definition) is 1. The fourth-order valence-corrected chi connectivity index (χ4v) is 1.56. The fourth-order valence-electron chi connectivity index (χ4n) is 1.56. The maximum Gasteiger partial charge on any atom is 0.305 e. The maximum absolute atomic E-state index is 11.1. The van der Waals surface area contributed by atoms with E-state index in [1.807, 2.05) is 24.3 Å². The number of carbonyl (C=O) groups excluding carboxylic acids is 1. The van der Waals surface area contributed by atoms with Crippen molar-refractivity contribution in [3.63, 3.8) is 0 Å². The van der Waals surface area contributed by atoms with Crippen LogP contribution < -0.4 is 4.74 Å². The molecule has 4 heteroatoms. The van der Waals surface area contributed by atoms with Crippen LogP contribution in [0.15, 0.2) is 24.3 Å². The minimum atomic E-state index is -0.159. The van der Waals surface area contributed by atoms with E-state index in [4.69, 9.17) is 14.6 Å². The highest BCUT2D eigenvalue weighted by Gasteiger charge is 2.03. The van der Waals surface area contributed by atoms with E-state index in [0.717, 1.165) is 18.4 Å². The minimum Gasteiger partial charge on any atom is -0.493 e. The second kappa shape index (κ2) is 8.53. The molecule has 0 atom stereocenters. The Bertz CT molecular complexity index is 363. The molecule has 0 aliphatic rings. The topological polar surface area (TPSA) is 55.8 Å².